The van der Waals surface area contributed by atoms with Crippen molar-refractivity contribution in [2.75, 3.05) is 0 Å². The second-order valence-electron chi connectivity index (χ2n) is 3.77. The number of rotatable bonds is 0. The predicted molar refractivity (Wildman–Crippen MR) is 50.7 cm³/mol. The second kappa shape index (κ2) is 2.22. The van der Waals surface area contributed by atoms with Gasteiger partial charge in [-0.2, -0.15) is 0 Å². The van der Waals surface area contributed by atoms with Crippen molar-refractivity contribution in [2.45, 2.75) is 19.3 Å². The van der Waals surface area contributed by atoms with Gasteiger partial charge in [-0.25, -0.2) is 0 Å². The van der Waals surface area contributed by atoms with Gasteiger partial charge in [0.2, 0.25) is 0 Å². The minimum atomic E-state index is 0.648. The van der Waals surface area contributed by atoms with E-state index in [4.69, 9.17) is 0 Å². The summed E-state index contributed by atoms with van der Waals surface area (Å²) < 4.78 is 0. The topological polar surface area (TPSA) is 0 Å². The first kappa shape index (κ1) is 6.47. The SMILES string of the molecule is C1=CC2C=C3CCC=C3C=C2C1. The molecule has 0 fully saturated rings. The first-order chi connectivity index (χ1) is 5.93. The Morgan fingerprint density at radius 2 is 2.33 bits per heavy atom. The number of hydrogen-bond acceptors (Lipinski definition) is 0. The van der Waals surface area contributed by atoms with Crippen molar-refractivity contribution >= 4 is 0 Å². The molecule has 60 valence electrons. The van der Waals surface area contributed by atoms with Gasteiger partial charge in [-0.3, -0.25) is 0 Å². The van der Waals surface area contributed by atoms with Gasteiger partial charge in [0, 0.05) is 5.92 Å². The van der Waals surface area contributed by atoms with Gasteiger partial charge in [0.15, 0.2) is 0 Å². The van der Waals surface area contributed by atoms with E-state index in [1.54, 1.807) is 11.1 Å². The Kier molecular flexibility index (Phi) is 1.20. The van der Waals surface area contributed by atoms with Crippen LogP contribution in [0.15, 0.2) is 47.1 Å². The Hall–Kier alpha value is -1.04. The summed E-state index contributed by atoms with van der Waals surface area (Å²) >= 11 is 0. The zero-order valence-electron chi connectivity index (χ0n) is 7.09. The maximum Gasteiger partial charge on any atom is 0.0169 e. The van der Waals surface area contributed by atoms with Crippen LogP contribution in [0.1, 0.15) is 19.3 Å². The predicted octanol–water partition coefficient (Wildman–Crippen LogP) is 3.15. The van der Waals surface area contributed by atoms with E-state index >= 15 is 0 Å². The van der Waals surface area contributed by atoms with Crippen molar-refractivity contribution in [2.24, 2.45) is 5.92 Å². The number of fused-ring (bicyclic) bond motifs is 2. The number of hydrogen-bond donors (Lipinski definition) is 0. The molecule has 0 saturated carbocycles. The van der Waals surface area contributed by atoms with Crippen LogP contribution in [0, 0.1) is 5.92 Å². The molecule has 1 atom stereocenters. The van der Waals surface area contributed by atoms with E-state index in [0.29, 0.717) is 5.92 Å². The third-order valence-corrected chi connectivity index (χ3v) is 3.00. The van der Waals surface area contributed by atoms with E-state index in [1.165, 1.54) is 24.8 Å². The lowest BCUT2D eigenvalue weighted by molar-refractivity contribution is 0.928. The monoisotopic (exact) mass is 156 g/mol. The van der Waals surface area contributed by atoms with Crippen molar-refractivity contribution in [3.63, 3.8) is 0 Å². The van der Waals surface area contributed by atoms with Crippen molar-refractivity contribution in [1.82, 2.24) is 0 Å². The fourth-order valence-corrected chi connectivity index (χ4v) is 2.33. The van der Waals surface area contributed by atoms with Gasteiger partial charge < -0.3 is 0 Å². The first-order valence-electron chi connectivity index (χ1n) is 4.72. The van der Waals surface area contributed by atoms with E-state index in [0.717, 1.165) is 0 Å². The van der Waals surface area contributed by atoms with Crippen LogP contribution in [0.25, 0.3) is 0 Å². The zero-order valence-corrected chi connectivity index (χ0v) is 7.09. The van der Waals surface area contributed by atoms with Crippen molar-refractivity contribution in [1.29, 1.82) is 0 Å². The van der Waals surface area contributed by atoms with Crippen LogP contribution in [-0.4, -0.2) is 0 Å². The van der Waals surface area contributed by atoms with Crippen LogP contribution in [0.2, 0.25) is 0 Å². The molecule has 1 unspecified atom stereocenters. The highest BCUT2D eigenvalue weighted by Crippen LogP contribution is 2.38. The normalized spacial score (nSPS) is 30.7. The smallest absolute Gasteiger partial charge is 0.0169 e. The summed E-state index contributed by atoms with van der Waals surface area (Å²) in [7, 11) is 0. The molecular weight excluding hydrogens is 144 g/mol. The molecule has 3 aliphatic rings. The standard InChI is InChI=1S/C12H12/c1-3-9-7-11-5-2-6-12(11)8-10(9)4-1/h1,3,6-9H,2,4-5H2. The van der Waals surface area contributed by atoms with Gasteiger partial charge in [-0.1, -0.05) is 36.0 Å². The molecule has 3 aliphatic carbocycles. The van der Waals surface area contributed by atoms with Crippen molar-refractivity contribution < 1.29 is 0 Å². The highest BCUT2D eigenvalue weighted by Gasteiger charge is 2.21. The van der Waals surface area contributed by atoms with Crippen molar-refractivity contribution in [3.8, 4) is 0 Å². The van der Waals surface area contributed by atoms with Gasteiger partial charge in [-0.05, 0) is 30.4 Å². The van der Waals surface area contributed by atoms with E-state index < -0.39 is 0 Å². The molecule has 0 aromatic carbocycles. The van der Waals surface area contributed by atoms with E-state index in [2.05, 4.69) is 30.4 Å². The third-order valence-electron chi connectivity index (χ3n) is 3.00. The molecule has 0 amide bonds. The minimum absolute atomic E-state index is 0.648. The van der Waals surface area contributed by atoms with Crippen LogP contribution in [-0.2, 0) is 0 Å². The molecule has 0 bridgehead atoms. The fourth-order valence-electron chi connectivity index (χ4n) is 2.33. The summed E-state index contributed by atoms with van der Waals surface area (Å²) in [6.45, 7) is 0. The largest absolute Gasteiger partial charge is 0.0835 e. The van der Waals surface area contributed by atoms with Gasteiger partial charge in [0.1, 0.15) is 0 Å². The highest BCUT2D eigenvalue weighted by molar-refractivity contribution is 5.52. The maximum absolute atomic E-state index is 2.44. The van der Waals surface area contributed by atoms with E-state index in [9.17, 15) is 0 Å². The van der Waals surface area contributed by atoms with Gasteiger partial charge >= 0.3 is 0 Å². The summed E-state index contributed by atoms with van der Waals surface area (Å²) in [6, 6.07) is 0. The molecular formula is C12H12. The average molecular weight is 156 g/mol. The summed E-state index contributed by atoms with van der Waals surface area (Å²) in [5.74, 6) is 0.648. The molecule has 0 aliphatic heterocycles. The second-order valence-corrected chi connectivity index (χ2v) is 3.77. The molecule has 0 aromatic heterocycles. The summed E-state index contributed by atoms with van der Waals surface area (Å²) in [5.41, 5.74) is 4.67. The van der Waals surface area contributed by atoms with E-state index in [1.807, 2.05) is 0 Å². The van der Waals surface area contributed by atoms with E-state index in [-0.39, 0.29) is 0 Å². The summed E-state index contributed by atoms with van der Waals surface area (Å²) in [4.78, 5) is 0. The summed E-state index contributed by atoms with van der Waals surface area (Å²) in [5, 5.41) is 0. The first-order valence-corrected chi connectivity index (χ1v) is 4.72. The Bertz CT molecular complexity index is 337. The zero-order chi connectivity index (χ0) is 7.97. The lowest BCUT2D eigenvalue weighted by Crippen LogP contribution is -2.00. The minimum Gasteiger partial charge on any atom is -0.0835 e. The molecule has 3 rings (SSSR count). The quantitative estimate of drug-likeness (QED) is 0.473. The van der Waals surface area contributed by atoms with Crippen LogP contribution in [0.5, 0.6) is 0 Å². The molecule has 0 N–H and O–H groups in total. The Morgan fingerprint density at radius 1 is 1.33 bits per heavy atom. The van der Waals surface area contributed by atoms with Crippen LogP contribution >= 0.6 is 0 Å². The molecule has 0 aromatic rings. The Balaban J connectivity index is 2.08. The molecule has 0 heterocycles. The van der Waals surface area contributed by atoms with Gasteiger partial charge in [-0.15, -0.1) is 0 Å². The van der Waals surface area contributed by atoms with Crippen LogP contribution in [0.3, 0.4) is 0 Å². The highest BCUT2D eigenvalue weighted by atomic mass is 14.3. The Labute approximate surface area is 73.0 Å². The molecule has 0 nitrogen and oxygen atoms in total. The Morgan fingerprint density at radius 3 is 3.33 bits per heavy atom. The fraction of sp³-hybridized carbons (Fsp3) is 0.333. The van der Waals surface area contributed by atoms with Gasteiger partial charge in [0.05, 0.1) is 0 Å². The van der Waals surface area contributed by atoms with Gasteiger partial charge in [0.25, 0.3) is 0 Å². The number of allylic oxidation sites excluding steroid dienone is 8. The maximum atomic E-state index is 2.44. The molecule has 0 radical (unpaired) electrons. The van der Waals surface area contributed by atoms with Crippen LogP contribution in [0.4, 0.5) is 0 Å². The van der Waals surface area contributed by atoms with Crippen LogP contribution < -0.4 is 0 Å². The molecule has 0 spiro atoms. The molecule has 0 heteroatoms. The third kappa shape index (κ3) is 0.781. The molecule has 0 saturated heterocycles. The summed E-state index contributed by atoms with van der Waals surface area (Å²) in [6.07, 6.45) is 15.5. The van der Waals surface area contributed by atoms with Crippen molar-refractivity contribution in [3.05, 3.63) is 47.1 Å². The molecule has 12 heavy (non-hydrogen) atoms. The average Bonchev–Trinajstić information content (AvgIpc) is 2.64. The lowest BCUT2D eigenvalue weighted by Gasteiger charge is -2.15. The lowest BCUT2D eigenvalue weighted by atomic mass is 9.90.